The molecule has 32 heavy (non-hydrogen) atoms. The van der Waals surface area contributed by atoms with Gasteiger partial charge in [0.2, 0.25) is 5.91 Å². The lowest BCUT2D eigenvalue weighted by molar-refractivity contribution is -0.136. The fourth-order valence-corrected chi connectivity index (χ4v) is 4.03. The normalized spacial score (nSPS) is 19.3. The zero-order valence-electron chi connectivity index (χ0n) is 20.0. The topological polar surface area (TPSA) is 63.7 Å². The molecule has 1 aromatic rings. The van der Waals surface area contributed by atoms with Gasteiger partial charge in [-0.1, -0.05) is 30.3 Å². The van der Waals surface area contributed by atoms with Gasteiger partial charge in [0.25, 0.3) is 0 Å². The molecule has 0 aromatic heterocycles. The van der Waals surface area contributed by atoms with Gasteiger partial charge in [0.1, 0.15) is 0 Å². The summed E-state index contributed by atoms with van der Waals surface area (Å²) in [7, 11) is 2.16. The molecule has 0 bridgehead atoms. The Morgan fingerprint density at radius 2 is 1.78 bits per heavy atom. The van der Waals surface area contributed by atoms with Crippen molar-refractivity contribution in [2.75, 3.05) is 79.2 Å². The molecule has 8 heteroatoms. The number of nitrogens with zero attached hydrogens (tertiary/aromatic N) is 5. The standard InChI is InChI=1S/C24H40N6O2/c1-4-25-24(26-18-21(2)27(3)19-22-8-6-5-7-9-22)30-12-10-28(11-13-30)20-23(31)29-14-16-32-17-15-29/h5-9,21H,4,10-20H2,1-3H3,(H,25,26). The van der Waals surface area contributed by atoms with Gasteiger partial charge in [0.15, 0.2) is 5.96 Å². The number of hydrogen-bond acceptors (Lipinski definition) is 5. The van der Waals surface area contributed by atoms with E-state index in [9.17, 15) is 4.79 Å². The first-order valence-electron chi connectivity index (χ1n) is 11.9. The molecule has 1 amide bonds. The number of carbonyl (C=O) groups excluding carboxylic acids is 1. The molecule has 0 spiro atoms. The third-order valence-electron chi connectivity index (χ3n) is 6.26. The van der Waals surface area contributed by atoms with E-state index >= 15 is 0 Å². The van der Waals surface area contributed by atoms with Crippen LogP contribution in [0.4, 0.5) is 0 Å². The van der Waals surface area contributed by atoms with Crippen LogP contribution in [0, 0.1) is 0 Å². The lowest BCUT2D eigenvalue weighted by Gasteiger charge is -2.37. The molecule has 1 aromatic carbocycles. The van der Waals surface area contributed by atoms with E-state index in [1.165, 1.54) is 5.56 Å². The van der Waals surface area contributed by atoms with Gasteiger partial charge in [-0.3, -0.25) is 19.6 Å². The van der Waals surface area contributed by atoms with Crippen molar-refractivity contribution in [3.05, 3.63) is 35.9 Å². The minimum absolute atomic E-state index is 0.220. The van der Waals surface area contributed by atoms with Crippen LogP contribution in [0.15, 0.2) is 35.3 Å². The number of piperazine rings is 1. The van der Waals surface area contributed by atoms with E-state index in [1.54, 1.807) is 0 Å². The molecular weight excluding hydrogens is 404 g/mol. The van der Waals surface area contributed by atoms with Crippen molar-refractivity contribution >= 4 is 11.9 Å². The third-order valence-corrected chi connectivity index (χ3v) is 6.26. The third kappa shape index (κ3) is 7.46. The highest BCUT2D eigenvalue weighted by atomic mass is 16.5. The van der Waals surface area contributed by atoms with Crippen molar-refractivity contribution in [2.24, 2.45) is 4.99 Å². The summed E-state index contributed by atoms with van der Waals surface area (Å²) in [6, 6.07) is 10.9. The lowest BCUT2D eigenvalue weighted by Crippen LogP contribution is -2.55. The molecule has 2 fully saturated rings. The average Bonchev–Trinajstić information content (AvgIpc) is 2.83. The number of benzene rings is 1. The van der Waals surface area contributed by atoms with Crippen molar-refractivity contribution in [2.45, 2.75) is 26.4 Å². The number of morpholine rings is 1. The highest BCUT2D eigenvalue weighted by Gasteiger charge is 2.24. The first-order valence-corrected chi connectivity index (χ1v) is 11.9. The van der Waals surface area contributed by atoms with Gasteiger partial charge in [0, 0.05) is 58.4 Å². The van der Waals surface area contributed by atoms with E-state index in [4.69, 9.17) is 9.73 Å². The highest BCUT2D eigenvalue weighted by Crippen LogP contribution is 2.08. The predicted molar refractivity (Wildman–Crippen MR) is 129 cm³/mol. The minimum atomic E-state index is 0.220. The number of aliphatic imine (C=N–C) groups is 1. The van der Waals surface area contributed by atoms with Gasteiger partial charge >= 0.3 is 0 Å². The zero-order chi connectivity index (χ0) is 22.8. The number of ether oxygens (including phenoxy) is 1. The van der Waals surface area contributed by atoms with Crippen molar-refractivity contribution in [3.8, 4) is 0 Å². The molecule has 3 rings (SSSR count). The van der Waals surface area contributed by atoms with E-state index in [0.717, 1.165) is 51.8 Å². The number of hydrogen-bond donors (Lipinski definition) is 1. The van der Waals surface area contributed by atoms with Gasteiger partial charge in [-0.05, 0) is 26.5 Å². The second kappa shape index (κ2) is 12.8. The quantitative estimate of drug-likeness (QED) is 0.476. The van der Waals surface area contributed by atoms with Gasteiger partial charge in [-0.25, -0.2) is 0 Å². The van der Waals surface area contributed by atoms with Gasteiger partial charge < -0.3 is 19.9 Å². The Labute approximate surface area is 193 Å². The number of rotatable bonds is 8. The summed E-state index contributed by atoms with van der Waals surface area (Å²) in [5.41, 5.74) is 1.32. The van der Waals surface area contributed by atoms with Gasteiger partial charge in [-0.15, -0.1) is 0 Å². The molecular formula is C24H40N6O2. The average molecular weight is 445 g/mol. The van der Waals surface area contributed by atoms with Crippen LogP contribution < -0.4 is 5.32 Å². The zero-order valence-corrected chi connectivity index (χ0v) is 20.0. The van der Waals surface area contributed by atoms with Crippen LogP contribution in [-0.2, 0) is 16.1 Å². The van der Waals surface area contributed by atoms with Crippen LogP contribution in [0.3, 0.4) is 0 Å². The van der Waals surface area contributed by atoms with Crippen LogP contribution in [0.2, 0.25) is 0 Å². The smallest absolute Gasteiger partial charge is 0.236 e. The van der Waals surface area contributed by atoms with E-state index in [-0.39, 0.29) is 5.91 Å². The van der Waals surface area contributed by atoms with Crippen LogP contribution in [-0.4, -0.2) is 117 Å². The fourth-order valence-electron chi connectivity index (χ4n) is 4.03. The summed E-state index contributed by atoms with van der Waals surface area (Å²) in [4.78, 5) is 26.3. The molecule has 0 radical (unpaired) electrons. The fraction of sp³-hybridized carbons (Fsp3) is 0.667. The largest absolute Gasteiger partial charge is 0.378 e. The Morgan fingerprint density at radius 1 is 1.09 bits per heavy atom. The number of carbonyl (C=O) groups is 1. The Balaban J connectivity index is 1.46. The number of amides is 1. The molecule has 1 N–H and O–H groups in total. The number of likely N-dealkylation sites (N-methyl/N-ethyl adjacent to an activating group) is 1. The summed E-state index contributed by atoms with van der Waals surface area (Å²) in [6.45, 7) is 13.6. The molecule has 8 nitrogen and oxygen atoms in total. The molecule has 2 heterocycles. The summed E-state index contributed by atoms with van der Waals surface area (Å²) in [5.74, 6) is 1.20. The molecule has 0 aliphatic carbocycles. The van der Waals surface area contributed by atoms with Crippen LogP contribution in [0.25, 0.3) is 0 Å². The van der Waals surface area contributed by atoms with Crippen molar-refractivity contribution < 1.29 is 9.53 Å². The number of guanidine groups is 1. The molecule has 2 aliphatic rings. The molecule has 1 atom stereocenters. The Hall–Kier alpha value is -2.16. The Morgan fingerprint density at radius 3 is 2.44 bits per heavy atom. The number of nitrogens with one attached hydrogen (secondary N) is 1. The SMILES string of the molecule is CCNC(=NCC(C)N(C)Cc1ccccc1)N1CCN(CC(=O)N2CCOCC2)CC1. The maximum Gasteiger partial charge on any atom is 0.236 e. The molecule has 0 saturated carbocycles. The van der Waals surface area contributed by atoms with Crippen molar-refractivity contribution in [1.82, 2.24) is 24.9 Å². The van der Waals surface area contributed by atoms with E-state index < -0.39 is 0 Å². The first-order chi connectivity index (χ1) is 15.6. The molecule has 2 aliphatic heterocycles. The first kappa shape index (κ1) is 24.5. The summed E-state index contributed by atoms with van der Waals surface area (Å²) in [5, 5.41) is 3.45. The molecule has 1 unspecified atom stereocenters. The van der Waals surface area contributed by atoms with E-state index in [1.807, 2.05) is 4.90 Å². The molecule has 178 valence electrons. The van der Waals surface area contributed by atoms with E-state index in [0.29, 0.717) is 38.9 Å². The summed E-state index contributed by atoms with van der Waals surface area (Å²) in [6.07, 6.45) is 0. The van der Waals surface area contributed by atoms with Crippen LogP contribution >= 0.6 is 0 Å². The predicted octanol–water partition coefficient (Wildman–Crippen LogP) is 0.949. The summed E-state index contributed by atoms with van der Waals surface area (Å²) < 4.78 is 5.35. The second-order valence-corrected chi connectivity index (χ2v) is 8.70. The van der Waals surface area contributed by atoms with Gasteiger partial charge in [0.05, 0.1) is 26.3 Å². The van der Waals surface area contributed by atoms with Gasteiger partial charge in [-0.2, -0.15) is 0 Å². The minimum Gasteiger partial charge on any atom is -0.378 e. The second-order valence-electron chi connectivity index (χ2n) is 8.70. The van der Waals surface area contributed by atoms with Crippen LogP contribution in [0.1, 0.15) is 19.4 Å². The Bertz CT molecular complexity index is 714. The maximum atomic E-state index is 12.5. The van der Waals surface area contributed by atoms with Crippen LogP contribution in [0.5, 0.6) is 0 Å². The Kier molecular flexibility index (Phi) is 9.77. The van der Waals surface area contributed by atoms with Crippen molar-refractivity contribution in [3.63, 3.8) is 0 Å². The highest BCUT2D eigenvalue weighted by molar-refractivity contribution is 5.80. The van der Waals surface area contributed by atoms with Crippen molar-refractivity contribution in [1.29, 1.82) is 0 Å². The monoisotopic (exact) mass is 444 g/mol. The van der Waals surface area contributed by atoms with E-state index in [2.05, 4.69) is 71.2 Å². The maximum absolute atomic E-state index is 12.5. The molecule has 2 saturated heterocycles. The summed E-state index contributed by atoms with van der Waals surface area (Å²) >= 11 is 0. The lowest BCUT2D eigenvalue weighted by atomic mass is 10.2.